The molecule has 130 valence electrons. The van der Waals surface area contributed by atoms with Gasteiger partial charge in [0.1, 0.15) is 11.2 Å². The minimum absolute atomic E-state index is 0.106. The molecule has 2 N–H and O–H groups in total. The van der Waals surface area contributed by atoms with Crippen molar-refractivity contribution in [2.75, 3.05) is 23.7 Å². The molecule has 0 atom stereocenters. The summed E-state index contributed by atoms with van der Waals surface area (Å²) in [6.45, 7) is 5.10. The van der Waals surface area contributed by atoms with Gasteiger partial charge >= 0.3 is 0 Å². The zero-order chi connectivity index (χ0) is 17.8. The van der Waals surface area contributed by atoms with Gasteiger partial charge in [-0.3, -0.25) is 10.1 Å². The van der Waals surface area contributed by atoms with Gasteiger partial charge in [0.15, 0.2) is 5.82 Å². The van der Waals surface area contributed by atoms with Crippen LogP contribution >= 0.6 is 0 Å². The van der Waals surface area contributed by atoms with E-state index in [-0.39, 0.29) is 10.6 Å². The van der Waals surface area contributed by atoms with Gasteiger partial charge in [-0.15, -0.1) is 0 Å². The second kappa shape index (κ2) is 7.16. The molecule has 0 bridgehead atoms. The number of anilines is 2. The van der Waals surface area contributed by atoms with E-state index in [2.05, 4.69) is 20.7 Å². The first-order valence-corrected chi connectivity index (χ1v) is 8.08. The van der Waals surface area contributed by atoms with Crippen LogP contribution in [-0.2, 0) is 0 Å². The van der Waals surface area contributed by atoms with E-state index in [4.69, 9.17) is 0 Å². The van der Waals surface area contributed by atoms with E-state index in [9.17, 15) is 10.1 Å². The summed E-state index contributed by atoms with van der Waals surface area (Å²) < 4.78 is 1.79. The van der Waals surface area contributed by atoms with Crippen molar-refractivity contribution in [2.45, 2.75) is 20.3 Å². The summed E-state index contributed by atoms with van der Waals surface area (Å²) in [4.78, 5) is 15.1. The number of nitrogens with one attached hydrogen (secondary N) is 2. The highest BCUT2D eigenvalue weighted by Crippen LogP contribution is 2.25. The first-order valence-electron chi connectivity index (χ1n) is 8.08. The smallest absolute Gasteiger partial charge is 0.292 e. The van der Waals surface area contributed by atoms with Gasteiger partial charge in [-0.2, -0.15) is 5.10 Å². The molecule has 8 nitrogen and oxygen atoms in total. The summed E-state index contributed by atoms with van der Waals surface area (Å²) in [5, 5.41) is 21.9. The standard InChI is InChI=1S/C17H20N6O2/c1-12-4-5-14(15(10-12)23(24)25)18-6-3-7-19-17-16-11-13(2)21-22(16)9-8-20-17/h4-5,8-11,18H,3,6-7H2,1-2H3,(H,19,20). The lowest BCUT2D eigenvalue weighted by Gasteiger charge is -2.09. The number of aromatic nitrogens is 3. The third kappa shape index (κ3) is 3.85. The maximum atomic E-state index is 11.1. The molecule has 0 unspecified atom stereocenters. The Hall–Kier alpha value is -3.16. The van der Waals surface area contributed by atoms with Crippen molar-refractivity contribution >= 4 is 22.7 Å². The Labute approximate surface area is 145 Å². The van der Waals surface area contributed by atoms with Gasteiger partial charge in [-0.1, -0.05) is 6.07 Å². The lowest BCUT2D eigenvalue weighted by Crippen LogP contribution is -2.11. The normalized spacial score (nSPS) is 10.8. The number of hydrogen-bond donors (Lipinski definition) is 2. The van der Waals surface area contributed by atoms with Gasteiger partial charge in [0, 0.05) is 31.5 Å². The summed E-state index contributed by atoms with van der Waals surface area (Å²) >= 11 is 0. The third-order valence-electron chi connectivity index (χ3n) is 3.82. The summed E-state index contributed by atoms with van der Waals surface area (Å²) in [7, 11) is 0. The molecular weight excluding hydrogens is 320 g/mol. The molecule has 0 radical (unpaired) electrons. The van der Waals surface area contributed by atoms with Crippen molar-refractivity contribution < 1.29 is 4.92 Å². The molecule has 2 heterocycles. The number of aryl methyl sites for hydroxylation is 2. The monoisotopic (exact) mass is 340 g/mol. The van der Waals surface area contributed by atoms with E-state index in [1.807, 2.05) is 32.2 Å². The third-order valence-corrected chi connectivity index (χ3v) is 3.82. The number of fused-ring (bicyclic) bond motifs is 1. The van der Waals surface area contributed by atoms with Gasteiger partial charge < -0.3 is 10.6 Å². The number of nitro groups is 1. The van der Waals surface area contributed by atoms with Crippen molar-refractivity contribution in [1.29, 1.82) is 0 Å². The Morgan fingerprint density at radius 1 is 1.20 bits per heavy atom. The molecule has 1 aromatic carbocycles. The first kappa shape index (κ1) is 16.7. The van der Waals surface area contributed by atoms with Crippen LogP contribution in [0, 0.1) is 24.0 Å². The lowest BCUT2D eigenvalue weighted by atomic mass is 10.2. The lowest BCUT2D eigenvalue weighted by molar-refractivity contribution is -0.384. The molecule has 0 aliphatic carbocycles. The molecule has 0 aliphatic rings. The Morgan fingerprint density at radius 3 is 2.80 bits per heavy atom. The van der Waals surface area contributed by atoms with E-state index in [1.54, 1.807) is 22.8 Å². The van der Waals surface area contributed by atoms with Crippen molar-refractivity contribution in [3.8, 4) is 0 Å². The maximum absolute atomic E-state index is 11.1. The minimum Gasteiger partial charge on any atom is -0.379 e. The van der Waals surface area contributed by atoms with E-state index < -0.39 is 0 Å². The zero-order valence-electron chi connectivity index (χ0n) is 14.2. The van der Waals surface area contributed by atoms with E-state index in [0.29, 0.717) is 18.8 Å². The maximum Gasteiger partial charge on any atom is 0.292 e. The minimum atomic E-state index is -0.361. The topological polar surface area (TPSA) is 97.4 Å². The van der Waals surface area contributed by atoms with Crippen molar-refractivity contribution in [1.82, 2.24) is 14.6 Å². The van der Waals surface area contributed by atoms with Gasteiger partial charge in [0.2, 0.25) is 0 Å². The molecule has 0 saturated carbocycles. The van der Waals surface area contributed by atoms with E-state index in [1.165, 1.54) is 0 Å². The fourth-order valence-electron chi connectivity index (χ4n) is 2.64. The fraction of sp³-hybridized carbons (Fsp3) is 0.294. The molecule has 0 spiro atoms. The van der Waals surface area contributed by atoms with Crippen LogP contribution in [-0.4, -0.2) is 32.6 Å². The fourth-order valence-corrected chi connectivity index (χ4v) is 2.64. The summed E-state index contributed by atoms with van der Waals surface area (Å²) in [6.07, 6.45) is 4.31. The highest BCUT2D eigenvalue weighted by Gasteiger charge is 2.13. The van der Waals surface area contributed by atoms with Crippen LogP contribution in [0.5, 0.6) is 0 Å². The molecule has 0 fully saturated rings. The molecule has 25 heavy (non-hydrogen) atoms. The molecule has 0 amide bonds. The molecular formula is C17H20N6O2. The summed E-state index contributed by atoms with van der Waals surface area (Å²) in [5.74, 6) is 0.782. The van der Waals surface area contributed by atoms with E-state index >= 15 is 0 Å². The Balaban J connectivity index is 1.55. The number of hydrogen-bond acceptors (Lipinski definition) is 6. The van der Waals surface area contributed by atoms with E-state index in [0.717, 1.165) is 29.0 Å². The summed E-state index contributed by atoms with van der Waals surface area (Å²) in [5.41, 5.74) is 3.39. The second-order valence-corrected chi connectivity index (χ2v) is 5.88. The van der Waals surface area contributed by atoms with Gasteiger partial charge in [0.05, 0.1) is 10.6 Å². The summed E-state index contributed by atoms with van der Waals surface area (Å²) in [6, 6.07) is 7.16. The molecule has 0 saturated heterocycles. The van der Waals surface area contributed by atoms with Gasteiger partial charge in [0.25, 0.3) is 5.69 Å². The van der Waals surface area contributed by atoms with Crippen LogP contribution in [0.2, 0.25) is 0 Å². The average Bonchev–Trinajstić information content (AvgIpc) is 2.96. The number of benzene rings is 1. The molecule has 0 aliphatic heterocycles. The highest BCUT2D eigenvalue weighted by atomic mass is 16.6. The van der Waals surface area contributed by atoms with Crippen LogP contribution in [0.15, 0.2) is 36.7 Å². The van der Waals surface area contributed by atoms with Crippen LogP contribution in [0.25, 0.3) is 5.52 Å². The number of rotatable bonds is 7. The van der Waals surface area contributed by atoms with Crippen LogP contribution in [0.3, 0.4) is 0 Å². The van der Waals surface area contributed by atoms with Crippen LogP contribution in [0.4, 0.5) is 17.2 Å². The predicted molar refractivity (Wildman–Crippen MR) is 97.2 cm³/mol. The Morgan fingerprint density at radius 2 is 2.00 bits per heavy atom. The molecule has 2 aromatic heterocycles. The second-order valence-electron chi connectivity index (χ2n) is 5.88. The average molecular weight is 340 g/mol. The van der Waals surface area contributed by atoms with Crippen molar-refractivity contribution in [3.05, 3.63) is 58.0 Å². The first-order chi connectivity index (χ1) is 12.0. The van der Waals surface area contributed by atoms with Crippen molar-refractivity contribution in [3.63, 3.8) is 0 Å². The quantitative estimate of drug-likeness (QED) is 0.389. The number of nitrogens with zero attached hydrogens (tertiary/aromatic N) is 4. The largest absolute Gasteiger partial charge is 0.379 e. The number of nitro benzene ring substituents is 1. The van der Waals surface area contributed by atoms with Crippen molar-refractivity contribution in [2.24, 2.45) is 0 Å². The van der Waals surface area contributed by atoms with Crippen LogP contribution < -0.4 is 10.6 Å². The Kier molecular flexibility index (Phi) is 4.78. The van der Waals surface area contributed by atoms with Gasteiger partial charge in [-0.25, -0.2) is 9.50 Å². The molecule has 3 aromatic rings. The highest BCUT2D eigenvalue weighted by molar-refractivity contribution is 5.67. The van der Waals surface area contributed by atoms with Crippen LogP contribution in [0.1, 0.15) is 17.7 Å². The SMILES string of the molecule is Cc1ccc(NCCCNc2nccn3nc(C)cc23)c([N+](=O)[O-])c1. The Bertz CT molecular complexity index is 905. The van der Waals surface area contributed by atoms with Gasteiger partial charge in [-0.05, 0) is 38.0 Å². The molecule has 8 heteroatoms. The molecule has 3 rings (SSSR count). The predicted octanol–water partition coefficient (Wildman–Crippen LogP) is 3.17. The zero-order valence-corrected chi connectivity index (χ0v) is 14.2.